The number of hydrogen-bond donors (Lipinski definition) is 4. The summed E-state index contributed by atoms with van der Waals surface area (Å²) in [4.78, 5) is 50.2. The number of amides is 4. The Morgan fingerprint density at radius 2 is 1.73 bits per heavy atom. The fourth-order valence-corrected chi connectivity index (χ4v) is 5.64. The monoisotopic (exact) mass is 464 g/mol. The molecule has 1 aliphatic heterocycles. The van der Waals surface area contributed by atoms with Crippen molar-refractivity contribution in [2.45, 2.75) is 109 Å². The van der Waals surface area contributed by atoms with Gasteiger partial charge < -0.3 is 26.0 Å². The summed E-state index contributed by atoms with van der Waals surface area (Å²) in [6, 6.07) is 0.0336. The predicted molar refractivity (Wildman–Crippen MR) is 123 cm³/mol. The summed E-state index contributed by atoms with van der Waals surface area (Å²) in [6.45, 7) is 4.51. The van der Waals surface area contributed by atoms with E-state index in [1.165, 1.54) is 19.3 Å². The van der Waals surface area contributed by atoms with Crippen molar-refractivity contribution in [2.75, 3.05) is 6.54 Å². The van der Waals surface area contributed by atoms with Gasteiger partial charge in [0.1, 0.15) is 0 Å². The molecule has 1 saturated heterocycles. The van der Waals surface area contributed by atoms with Crippen LogP contribution in [0.5, 0.6) is 0 Å². The Balaban J connectivity index is 1.38. The third-order valence-corrected chi connectivity index (χ3v) is 7.57. The Morgan fingerprint density at radius 1 is 1.03 bits per heavy atom. The maximum absolute atomic E-state index is 12.9. The quantitative estimate of drug-likeness (QED) is 0.439. The molecule has 4 N–H and O–H groups in total. The van der Waals surface area contributed by atoms with Gasteiger partial charge in [0.05, 0.1) is 6.42 Å². The van der Waals surface area contributed by atoms with Crippen LogP contribution in [0.2, 0.25) is 0 Å². The Kier molecular flexibility index (Phi) is 8.97. The lowest BCUT2D eigenvalue weighted by Gasteiger charge is -2.36. The molecule has 4 atom stereocenters. The molecule has 3 rings (SSSR count). The van der Waals surface area contributed by atoms with Gasteiger partial charge >= 0.3 is 12.0 Å². The molecule has 1 heterocycles. The van der Waals surface area contributed by atoms with E-state index in [0.29, 0.717) is 18.9 Å². The van der Waals surface area contributed by atoms with Crippen LogP contribution in [0.25, 0.3) is 0 Å². The first-order chi connectivity index (χ1) is 15.7. The number of likely N-dealkylation sites (tertiary alicyclic amines) is 1. The molecule has 9 heteroatoms. The fourth-order valence-electron chi connectivity index (χ4n) is 5.64. The van der Waals surface area contributed by atoms with Crippen LogP contribution in [0, 0.1) is 11.8 Å². The lowest BCUT2D eigenvalue weighted by molar-refractivity contribution is -0.138. The van der Waals surface area contributed by atoms with Gasteiger partial charge in [-0.2, -0.15) is 0 Å². The molecular formula is C24H40N4O5. The lowest BCUT2D eigenvalue weighted by atomic mass is 9.86. The number of carbonyl (C=O) groups excluding carboxylic acids is 3. The summed E-state index contributed by atoms with van der Waals surface area (Å²) >= 11 is 0. The number of nitrogens with zero attached hydrogens (tertiary/aromatic N) is 1. The number of rotatable bonds is 8. The van der Waals surface area contributed by atoms with E-state index in [1.54, 1.807) is 6.92 Å². The van der Waals surface area contributed by atoms with E-state index in [4.69, 9.17) is 5.11 Å². The Labute approximate surface area is 196 Å². The van der Waals surface area contributed by atoms with Crippen molar-refractivity contribution in [3.05, 3.63) is 0 Å². The van der Waals surface area contributed by atoms with Gasteiger partial charge in [-0.15, -0.1) is 0 Å². The van der Waals surface area contributed by atoms with Crippen LogP contribution in [-0.2, 0) is 14.4 Å². The van der Waals surface area contributed by atoms with E-state index < -0.39 is 12.0 Å². The fraction of sp³-hybridized carbons (Fsp3) is 0.833. The van der Waals surface area contributed by atoms with Crippen LogP contribution in [0.4, 0.5) is 4.79 Å². The van der Waals surface area contributed by atoms with Crippen molar-refractivity contribution >= 4 is 23.8 Å². The van der Waals surface area contributed by atoms with Crippen LogP contribution in [0.3, 0.4) is 0 Å². The molecule has 9 nitrogen and oxygen atoms in total. The van der Waals surface area contributed by atoms with Gasteiger partial charge in [-0.05, 0) is 57.8 Å². The first-order valence-corrected chi connectivity index (χ1v) is 12.6. The molecule has 33 heavy (non-hydrogen) atoms. The molecule has 0 radical (unpaired) electrons. The zero-order valence-electron chi connectivity index (χ0n) is 20.0. The second-order valence-corrected chi connectivity index (χ2v) is 10.3. The zero-order chi connectivity index (χ0) is 24.0. The minimum atomic E-state index is -0.961. The van der Waals surface area contributed by atoms with Crippen LogP contribution >= 0.6 is 0 Å². The number of aliphatic carboxylic acids is 1. The summed E-state index contributed by atoms with van der Waals surface area (Å²) in [5.74, 6) is -1.01. The number of carboxylic acids is 1. The smallest absolute Gasteiger partial charge is 0.315 e. The van der Waals surface area contributed by atoms with E-state index >= 15 is 0 Å². The minimum absolute atomic E-state index is 0.0245. The van der Waals surface area contributed by atoms with Crippen molar-refractivity contribution in [1.82, 2.24) is 20.9 Å². The van der Waals surface area contributed by atoms with Crippen molar-refractivity contribution < 1.29 is 24.3 Å². The third-order valence-electron chi connectivity index (χ3n) is 7.57. The van der Waals surface area contributed by atoms with E-state index in [1.807, 2.05) is 4.90 Å². The molecule has 0 aromatic carbocycles. The van der Waals surface area contributed by atoms with Gasteiger partial charge in [-0.1, -0.05) is 19.8 Å². The van der Waals surface area contributed by atoms with E-state index in [2.05, 4.69) is 22.9 Å². The molecule has 0 aromatic rings. The Hall–Kier alpha value is -2.32. The largest absolute Gasteiger partial charge is 0.481 e. The highest BCUT2D eigenvalue weighted by molar-refractivity contribution is 5.87. The molecule has 3 aliphatic rings. The maximum Gasteiger partial charge on any atom is 0.315 e. The molecule has 2 saturated carbocycles. The molecule has 2 aliphatic carbocycles. The highest BCUT2D eigenvalue weighted by Gasteiger charge is 2.38. The standard InChI is InChI=1S/C24H40N4O5/c1-15-5-3-4-6-20(15)27-24(33)26-18-7-9-19(10-8-18)28-12-11-17(23(28)32)14-21(29)25-16(2)13-22(30)31/h15-20H,3-14H2,1-2H3,(H,25,29)(H,30,31)(H2,26,27,33)/t15?,16-,17+,18?,19?,20?/m1/s1. The first kappa shape index (κ1) is 25.3. The molecule has 2 unspecified atom stereocenters. The second-order valence-electron chi connectivity index (χ2n) is 10.3. The number of hydrogen-bond acceptors (Lipinski definition) is 4. The van der Waals surface area contributed by atoms with Crippen molar-refractivity contribution in [2.24, 2.45) is 11.8 Å². The molecule has 0 spiro atoms. The molecule has 186 valence electrons. The Bertz CT molecular complexity index is 722. The zero-order valence-corrected chi connectivity index (χ0v) is 20.0. The van der Waals surface area contributed by atoms with Gasteiger partial charge in [-0.25, -0.2) is 4.79 Å². The summed E-state index contributed by atoms with van der Waals surface area (Å²) in [5.41, 5.74) is 0. The summed E-state index contributed by atoms with van der Waals surface area (Å²) in [7, 11) is 0. The highest BCUT2D eigenvalue weighted by Crippen LogP contribution is 2.30. The first-order valence-electron chi connectivity index (χ1n) is 12.6. The number of carbonyl (C=O) groups is 4. The topological polar surface area (TPSA) is 128 Å². The maximum atomic E-state index is 12.9. The van der Waals surface area contributed by atoms with Crippen LogP contribution in [0.15, 0.2) is 0 Å². The van der Waals surface area contributed by atoms with E-state index in [-0.39, 0.29) is 54.7 Å². The third kappa shape index (κ3) is 7.33. The second kappa shape index (κ2) is 11.7. The van der Waals surface area contributed by atoms with Crippen LogP contribution < -0.4 is 16.0 Å². The SMILES string of the molecule is CC1CCCCC1NC(=O)NC1CCC(N2CC[C@@H](CC(=O)N[C@H](C)CC(=O)O)C2=O)CC1. The number of urea groups is 1. The van der Waals surface area contributed by atoms with Crippen molar-refractivity contribution in [3.8, 4) is 0 Å². The predicted octanol–water partition coefficient (Wildman–Crippen LogP) is 2.39. The van der Waals surface area contributed by atoms with Crippen molar-refractivity contribution in [3.63, 3.8) is 0 Å². The van der Waals surface area contributed by atoms with Gasteiger partial charge in [0.15, 0.2) is 0 Å². The average Bonchev–Trinajstić information content (AvgIpc) is 3.09. The average molecular weight is 465 g/mol. The summed E-state index contributed by atoms with van der Waals surface area (Å²) < 4.78 is 0. The van der Waals surface area contributed by atoms with Gasteiger partial charge in [0, 0.05) is 43.1 Å². The molecule has 3 fully saturated rings. The van der Waals surface area contributed by atoms with E-state index in [0.717, 1.165) is 32.1 Å². The van der Waals surface area contributed by atoms with Crippen LogP contribution in [0.1, 0.15) is 84.5 Å². The summed E-state index contributed by atoms with van der Waals surface area (Å²) in [5, 5.41) is 17.8. The molecule has 4 amide bonds. The molecule has 0 bridgehead atoms. The molecular weight excluding hydrogens is 424 g/mol. The summed E-state index contributed by atoms with van der Waals surface area (Å²) in [6.07, 6.45) is 8.67. The number of carboxylic acid groups (broad SMARTS) is 1. The highest BCUT2D eigenvalue weighted by atomic mass is 16.4. The van der Waals surface area contributed by atoms with E-state index in [9.17, 15) is 19.2 Å². The molecule has 0 aromatic heterocycles. The number of nitrogens with one attached hydrogen (secondary N) is 3. The van der Waals surface area contributed by atoms with Gasteiger partial charge in [0.25, 0.3) is 0 Å². The minimum Gasteiger partial charge on any atom is -0.481 e. The normalized spacial score (nSPS) is 31.0. The van der Waals surface area contributed by atoms with Gasteiger partial charge in [0.2, 0.25) is 11.8 Å². The van der Waals surface area contributed by atoms with Gasteiger partial charge in [-0.3, -0.25) is 14.4 Å². The van der Waals surface area contributed by atoms with Crippen molar-refractivity contribution in [1.29, 1.82) is 0 Å². The van der Waals surface area contributed by atoms with Crippen LogP contribution in [-0.4, -0.2) is 64.5 Å². The lowest BCUT2D eigenvalue weighted by Crippen LogP contribution is -2.51. The Morgan fingerprint density at radius 3 is 2.39 bits per heavy atom.